The van der Waals surface area contributed by atoms with Crippen molar-refractivity contribution in [3.05, 3.63) is 158 Å². The lowest BCUT2D eigenvalue weighted by Crippen LogP contribution is -2.33. The van der Waals surface area contributed by atoms with Gasteiger partial charge in [-0.15, -0.1) is 0 Å². The molecule has 0 N–H and O–H groups in total. The van der Waals surface area contributed by atoms with E-state index in [2.05, 4.69) is 0 Å². The zero-order valence-electron chi connectivity index (χ0n) is 50.5. The molecule has 288 valence electrons. The number of nitrogens with zero attached hydrogens (tertiary/aromatic N) is 3. The van der Waals surface area contributed by atoms with Crippen LogP contribution in [0.25, 0.3) is 33.8 Å². The molecule has 6 aromatic rings. The molecule has 0 amide bonds. The molecule has 3 nitrogen and oxygen atoms in total. The summed E-state index contributed by atoms with van der Waals surface area (Å²) in [6.45, 7) is -0.824. The summed E-state index contributed by atoms with van der Waals surface area (Å²) >= 11 is 0. The van der Waals surface area contributed by atoms with Crippen LogP contribution < -0.4 is 13.7 Å². The lowest BCUT2D eigenvalue weighted by Gasteiger charge is -2.18. The molecule has 0 saturated heterocycles. The fraction of sp³-hybridized carbons (Fsp3) is 0.377. The van der Waals surface area contributed by atoms with Gasteiger partial charge in [-0.1, -0.05) is 53.1 Å². The van der Waals surface area contributed by atoms with Gasteiger partial charge in [0.1, 0.15) is 21.1 Å². The summed E-state index contributed by atoms with van der Waals surface area (Å²) in [5, 5.41) is 0. The van der Waals surface area contributed by atoms with E-state index < -0.39 is 46.0 Å². The first-order chi connectivity index (χ1) is 33.5. The van der Waals surface area contributed by atoms with Gasteiger partial charge < -0.3 is 0 Å². The topological polar surface area (TPSA) is 11.6 Å². The van der Waals surface area contributed by atoms with Gasteiger partial charge in [-0.2, -0.15) is 0 Å². The monoisotopic (exact) mass is 760 g/mol. The van der Waals surface area contributed by atoms with E-state index in [9.17, 15) is 0 Å². The van der Waals surface area contributed by atoms with Gasteiger partial charge in [-0.25, -0.2) is 13.7 Å². The third kappa shape index (κ3) is 8.58. The van der Waals surface area contributed by atoms with Crippen molar-refractivity contribution in [1.29, 1.82) is 0 Å². The van der Waals surface area contributed by atoms with E-state index >= 15 is 0 Å². The summed E-state index contributed by atoms with van der Waals surface area (Å²) in [7, 11) is 5.70. The minimum Gasteiger partial charge on any atom is -0.201 e. The third-order valence-corrected chi connectivity index (χ3v) is 10.9. The summed E-state index contributed by atoms with van der Waals surface area (Å²) in [5.74, 6) is 0. The Bertz CT molecular complexity index is 3090. The Balaban J connectivity index is 0.000000161. The molecule has 3 aliphatic rings. The largest absolute Gasteiger partial charge is 0.216 e. The Hall–Kier alpha value is -4.89. The minimum absolute atomic E-state index is 0.108. The predicted molar refractivity (Wildman–Crippen MR) is 233 cm³/mol. The first kappa shape index (κ1) is 23.4. The lowest BCUT2D eigenvalue weighted by molar-refractivity contribution is -0.661. The van der Waals surface area contributed by atoms with Gasteiger partial charge in [-0.05, 0) is 163 Å². The van der Waals surface area contributed by atoms with Crippen molar-refractivity contribution in [2.75, 3.05) is 0 Å². The van der Waals surface area contributed by atoms with Crippen LogP contribution in [0.5, 0.6) is 0 Å². The quantitative estimate of drug-likeness (QED) is 0.159. The molecule has 56 heavy (non-hydrogen) atoms. The summed E-state index contributed by atoms with van der Waals surface area (Å²) in [6.07, 6.45) is 3.75. The fourth-order valence-electron chi connectivity index (χ4n) is 8.02. The van der Waals surface area contributed by atoms with E-state index in [0.717, 1.165) is 86.3 Å². The maximum absolute atomic E-state index is 8.48. The van der Waals surface area contributed by atoms with Gasteiger partial charge in [0.2, 0.25) is 17.1 Å². The fourth-order valence-corrected chi connectivity index (χ4v) is 8.02. The Morgan fingerprint density at radius 2 is 0.929 bits per heavy atom. The van der Waals surface area contributed by atoms with Crippen molar-refractivity contribution in [3.63, 3.8) is 0 Å². The van der Waals surface area contributed by atoms with Crippen LogP contribution in [-0.2, 0) is 59.5 Å². The first-order valence-corrected chi connectivity index (χ1v) is 19.5. The van der Waals surface area contributed by atoms with Gasteiger partial charge in [0.15, 0.2) is 18.6 Å². The number of aromatic nitrogens is 3. The predicted octanol–water partition coefficient (Wildman–Crippen LogP) is 10.6. The molecule has 0 aliphatic heterocycles. The lowest BCUT2D eigenvalue weighted by atomic mass is 9.87. The van der Waals surface area contributed by atoms with E-state index in [1.807, 2.05) is 73.7 Å². The number of hydrogen-bond donors (Lipinski definition) is 0. The van der Waals surface area contributed by atoms with Crippen molar-refractivity contribution in [2.24, 2.45) is 21.1 Å². The standard InChI is InChI=1S/2C18H22N.C17H20N/c1-13-8-9-17(14(2)10-13)18-11-15-6-4-5-7-16(15)12-19(18)3;1-13-8-9-16(14(2)12-13)18-17-7-5-4-6-15(17)10-11-19(18)3;1-12-7-8-16(13(2)9-12)17-10-14-5-4-6-15(14)11-18(17)3/h2*8-12H,4-7H2,1-3H3;7-11H,4-6H2,1-3H3/q3*+1/i1D3,6D2;1D3,6D2,7D2;1D3,5D2. The summed E-state index contributed by atoms with van der Waals surface area (Å²) in [5.41, 5.74) is 12.8. The van der Waals surface area contributed by atoms with Crippen LogP contribution in [0.3, 0.4) is 0 Å². The average Bonchev–Trinajstić information content (AvgIpc) is 3.56. The van der Waals surface area contributed by atoms with E-state index in [4.69, 9.17) is 23.3 Å². The molecule has 3 aromatic heterocycles. The molecule has 9 rings (SSSR count). The van der Waals surface area contributed by atoms with E-state index in [1.165, 1.54) is 0 Å². The molecular formula is C53H64N3+3. The highest BCUT2D eigenvalue weighted by Crippen LogP contribution is 2.32. The molecule has 0 radical (unpaired) electrons. The van der Waals surface area contributed by atoms with Crippen LogP contribution in [0, 0.1) is 41.3 Å². The van der Waals surface area contributed by atoms with Gasteiger partial charge >= 0.3 is 0 Å². The van der Waals surface area contributed by atoms with Gasteiger partial charge in [-0.3, -0.25) is 0 Å². The number of aryl methyl sites for hydroxylation is 14. The molecular weight excluding hydrogens is 679 g/mol. The second kappa shape index (κ2) is 17.1. The number of hydrogen-bond acceptors (Lipinski definition) is 0. The van der Waals surface area contributed by atoms with Gasteiger partial charge in [0.25, 0.3) is 0 Å². The highest BCUT2D eigenvalue weighted by Gasteiger charge is 2.24. The molecule has 0 spiro atoms. The summed E-state index contributed by atoms with van der Waals surface area (Å²) in [4.78, 5) is 0. The normalized spacial score (nSPS) is 22.9. The SMILES string of the molecule is [2H]C([2H])([2H])c1ccc(-c2c3c(cc[n+]2C)C([2H])([2H])CCC3([2H])[2H])c(C)c1.[2H]C([2H])([2H])c1ccc(-c2cc3c(c[n+]2C)CCC3([2H])[2H])c(C)c1.[2H]C([2H])([2H])c1ccc(-c2cc3c(c[n+]2C)CCCC3([2H])[2H])c(C)c1. The maximum atomic E-state index is 8.48. The van der Waals surface area contributed by atoms with Crippen LogP contribution in [-0.4, -0.2) is 0 Å². The maximum Gasteiger partial charge on any atom is 0.216 e. The number of rotatable bonds is 3. The van der Waals surface area contributed by atoms with Crippen molar-refractivity contribution in [2.45, 2.75) is 112 Å². The number of benzene rings is 3. The molecule has 3 heteroatoms. The zero-order valence-corrected chi connectivity index (χ0v) is 33.5. The molecule has 0 unspecified atom stereocenters. The van der Waals surface area contributed by atoms with Gasteiger partial charge in [0.05, 0.1) is 0 Å². The van der Waals surface area contributed by atoms with Crippen molar-refractivity contribution >= 4 is 0 Å². The highest BCUT2D eigenvalue weighted by molar-refractivity contribution is 5.67. The molecule has 0 fully saturated rings. The minimum atomic E-state index is -2.20. The molecule has 3 heterocycles. The average molecular weight is 760 g/mol. The van der Waals surface area contributed by atoms with Crippen LogP contribution in [0.15, 0.2) is 91.4 Å². The van der Waals surface area contributed by atoms with E-state index in [0.29, 0.717) is 40.8 Å². The van der Waals surface area contributed by atoms with Crippen molar-refractivity contribution in [3.8, 4) is 33.8 Å². The smallest absolute Gasteiger partial charge is 0.201 e. The highest BCUT2D eigenvalue weighted by atomic mass is 14.9. The number of fused-ring (bicyclic) bond motifs is 3. The van der Waals surface area contributed by atoms with E-state index in [-0.39, 0.29) is 18.4 Å². The molecule has 3 aliphatic carbocycles. The number of pyridine rings is 3. The first-order valence-electron chi connectivity index (χ1n) is 28.0. The van der Waals surface area contributed by atoms with Crippen molar-refractivity contribution < 1.29 is 37.0 Å². The van der Waals surface area contributed by atoms with Crippen LogP contribution >= 0.6 is 0 Å². The van der Waals surface area contributed by atoms with E-state index in [1.54, 1.807) is 73.3 Å². The zero-order chi connectivity index (χ0) is 54.2. The van der Waals surface area contributed by atoms with Crippen molar-refractivity contribution in [1.82, 2.24) is 0 Å². The molecule has 0 atom stereocenters. The summed E-state index contributed by atoms with van der Waals surface area (Å²) < 4.78 is 140. The molecule has 0 saturated carbocycles. The summed E-state index contributed by atoms with van der Waals surface area (Å²) in [6, 6.07) is 20.7. The Morgan fingerprint density at radius 3 is 1.46 bits per heavy atom. The van der Waals surface area contributed by atoms with Gasteiger partial charge in [0, 0.05) is 74.9 Å². The second-order valence-electron chi connectivity index (χ2n) is 15.1. The second-order valence-corrected chi connectivity index (χ2v) is 15.1. The Labute approximate surface area is 361 Å². The van der Waals surface area contributed by atoms with Crippen LogP contribution in [0.4, 0.5) is 0 Å². The van der Waals surface area contributed by atoms with Crippen LogP contribution in [0.2, 0.25) is 0 Å². The van der Waals surface area contributed by atoms with Crippen LogP contribution in [0.1, 0.15) is 122 Å². The Kier molecular flexibility index (Phi) is 7.13. The Morgan fingerprint density at radius 1 is 0.464 bits per heavy atom. The molecule has 0 bridgehead atoms. The molecule has 3 aromatic carbocycles. The third-order valence-electron chi connectivity index (χ3n) is 10.9.